The van der Waals surface area contributed by atoms with Crippen molar-refractivity contribution < 1.29 is 14.6 Å². The van der Waals surface area contributed by atoms with Crippen LogP contribution in [0.3, 0.4) is 0 Å². The first kappa shape index (κ1) is 11.7. The Bertz CT molecular complexity index is 343. The zero-order valence-corrected chi connectivity index (χ0v) is 8.86. The van der Waals surface area contributed by atoms with Crippen molar-refractivity contribution in [1.29, 1.82) is 0 Å². The van der Waals surface area contributed by atoms with Gasteiger partial charge in [0.1, 0.15) is 0 Å². The van der Waals surface area contributed by atoms with Gasteiger partial charge in [0.15, 0.2) is 0 Å². The number of benzene rings is 1. The zero-order chi connectivity index (χ0) is 11.5. The van der Waals surface area contributed by atoms with E-state index in [9.17, 15) is 4.79 Å². The van der Waals surface area contributed by atoms with Gasteiger partial charge in [-0.15, -0.1) is 0 Å². The summed E-state index contributed by atoms with van der Waals surface area (Å²) in [7, 11) is 1.33. The molecule has 0 heterocycles. The normalized spacial score (nSPS) is 14.4. The molecule has 0 aliphatic heterocycles. The molecule has 82 valence electrons. The number of nitrogens with two attached hydrogens (primary N) is 1. The van der Waals surface area contributed by atoms with Gasteiger partial charge in [-0.3, -0.25) is 0 Å². The molecule has 4 heteroatoms. The van der Waals surface area contributed by atoms with Gasteiger partial charge in [-0.1, -0.05) is 12.1 Å². The van der Waals surface area contributed by atoms with Crippen molar-refractivity contribution in [2.24, 2.45) is 5.73 Å². The lowest BCUT2D eigenvalue weighted by atomic mass is 9.93. The highest BCUT2D eigenvalue weighted by atomic mass is 16.5. The predicted molar refractivity (Wildman–Crippen MR) is 56.4 cm³/mol. The van der Waals surface area contributed by atoms with Crippen molar-refractivity contribution in [3.05, 3.63) is 35.4 Å². The average molecular weight is 209 g/mol. The fourth-order valence-electron chi connectivity index (χ4n) is 1.20. The van der Waals surface area contributed by atoms with E-state index in [0.717, 1.165) is 5.56 Å². The molecule has 1 aromatic rings. The molecule has 0 bridgehead atoms. The Morgan fingerprint density at radius 1 is 1.47 bits per heavy atom. The van der Waals surface area contributed by atoms with E-state index in [2.05, 4.69) is 4.74 Å². The highest BCUT2D eigenvalue weighted by Gasteiger charge is 2.19. The summed E-state index contributed by atoms with van der Waals surface area (Å²) in [6, 6.07) is 6.68. The van der Waals surface area contributed by atoms with E-state index in [1.807, 2.05) is 0 Å². The minimum absolute atomic E-state index is 0.148. The van der Waals surface area contributed by atoms with Gasteiger partial charge in [0.25, 0.3) is 0 Å². The highest BCUT2D eigenvalue weighted by Crippen LogP contribution is 2.17. The number of esters is 1. The number of hydrogen-bond donors (Lipinski definition) is 2. The second kappa shape index (κ2) is 4.42. The van der Waals surface area contributed by atoms with E-state index in [-0.39, 0.29) is 12.6 Å². The Kier molecular flexibility index (Phi) is 3.44. The topological polar surface area (TPSA) is 72.5 Å². The summed E-state index contributed by atoms with van der Waals surface area (Å²) in [4.78, 5) is 11.1. The van der Waals surface area contributed by atoms with Crippen molar-refractivity contribution in [2.75, 3.05) is 13.7 Å². The van der Waals surface area contributed by atoms with E-state index in [1.165, 1.54) is 7.11 Å². The predicted octanol–water partition coefficient (Wildman–Crippen LogP) is 0.639. The van der Waals surface area contributed by atoms with E-state index in [4.69, 9.17) is 10.8 Å². The fourth-order valence-corrected chi connectivity index (χ4v) is 1.20. The average Bonchev–Trinajstić information content (AvgIpc) is 2.28. The molecule has 0 aliphatic rings. The van der Waals surface area contributed by atoms with Gasteiger partial charge >= 0.3 is 5.97 Å². The molecule has 0 saturated heterocycles. The van der Waals surface area contributed by atoms with Crippen LogP contribution in [0.15, 0.2) is 24.3 Å². The van der Waals surface area contributed by atoms with E-state index < -0.39 is 5.54 Å². The van der Waals surface area contributed by atoms with Crippen LogP contribution in [0, 0.1) is 0 Å². The maximum atomic E-state index is 11.1. The molecule has 0 aliphatic carbocycles. The third kappa shape index (κ3) is 2.55. The van der Waals surface area contributed by atoms with Crippen molar-refractivity contribution in [3.8, 4) is 0 Å². The number of methoxy groups -OCH3 is 1. The molecule has 4 nitrogen and oxygen atoms in total. The third-order valence-corrected chi connectivity index (χ3v) is 2.29. The van der Waals surface area contributed by atoms with Gasteiger partial charge in [-0.25, -0.2) is 4.79 Å². The van der Waals surface area contributed by atoms with Crippen LogP contribution in [0.2, 0.25) is 0 Å². The summed E-state index contributed by atoms with van der Waals surface area (Å²) < 4.78 is 4.57. The summed E-state index contributed by atoms with van der Waals surface area (Å²) in [6.07, 6.45) is 0. The first-order valence-corrected chi connectivity index (χ1v) is 4.60. The molecule has 1 aromatic carbocycles. The number of rotatable bonds is 3. The van der Waals surface area contributed by atoms with Gasteiger partial charge in [-0.2, -0.15) is 0 Å². The monoisotopic (exact) mass is 209 g/mol. The Hall–Kier alpha value is -1.39. The SMILES string of the molecule is COC(=O)c1ccc([C@@](C)(N)CO)cc1. The number of carbonyl (C=O) groups excluding carboxylic acids is 1. The van der Waals surface area contributed by atoms with Crippen LogP contribution in [0.25, 0.3) is 0 Å². The molecule has 0 fully saturated rings. The van der Waals surface area contributed by atoms with Gasteiger partial charge in [0, 0.05) is 0 Å². The lowest BCUT2D eigenvalue weighted by Gasteiger charge is -2.22. The molecule has 1 rings (SSSR count). The van der Waals surface area contributed by atoms with Gasteiger partial charge in [0.05, 0.1) is 24.8 Å². The summed E-state index contributed by atoms with van der Waals surface area (Å²) in [6.45, 7) is 1.57. The Morgan fingerprint density at radius 3 is 2.40 bits per heavy atom. The van der Waals surface area contributed by atoms with Crippen LogP contribution in [0.5, 0.6) is 0 Å². The van der Waals surface area contributed by atoms with Crippen molar-refractivity contribution in [3.63, 3.8) is 0 Å². The minimum Gasteiger partial charge on any atom is -0.465 e. The zero-order valence-electron chi connectivity index (χ0n) is 8.86. The highest BCUT2D eigenvalue weighted by molar-refractivity contribution is 5.89. The molecule has 0 amide bonds. The van der Waals surface area contributed by atoms with Crippen LogP contribution in [0.4, 0.5) is 0 Å². The van der Waals surface area contributed by atoms with E-state index in [0.29, 0.717) is 5.56 Å². The minimum atomic E-state index is -0.783. The van der Waals surface area contributed by atoms with Gasteiger partial charge in [0.2, 0.25) is 0 Å². The third-order valence-electron chi connectivity index (χ3n) is 2.29. The lowest BCUT2D eigenvalue weighted by Crippen LogP contribution is -2.36. The molecular formula is C11H15NO3. The summed E-state index contributed by atoms with van der Waals surface area (Å²) in [5.41, 5.74) is 6.29. The second-order valence-corrected chi connectivity index (χ2v) is 3.64. The fraction of sp³-hybridized carbons (Fsp3) is 0.364. The number of hydrogen-bond acceptors (Lipinski definition) is 4. The maximum absolute atomic E-state index is 11.1. The van der Waals surface area contributed by atoms with Crippen molar-refractivity contribution in [1.82, 2.24) is 0 Å². The molecule has 0 unspecified atom stereocenters. The van der Waals surface area contributed by atoms with Crippen LogP contribution in [-0.2, 0) is 10.3 Å². The largest absolute Gasteiger partial charge is 0.465 e. The number of aliphatic hydroxyl groups is 1. The second-order valence-electron chi connectivity index (χ2n) is 3.64. The summed E-state index contributed by atoms with van der Waals surface area (Å²) in [5, 5.41) is 9.06. The maximum Gasteiger partial charge on any atom is 0.337 e. The summed E-state index contributed by atoms with van der Waals surface area (Å²) >= 11 is 0. The number of aliphatic hydroxyl groups excluding tert-OH is 1. The Balaban J connectivity index is 2.95. The van der Waals surface area contributed by atoms with E-state index >= 15 is 0 Å². The van der Waals surface area contributed by atoms with Gasteiger partial charge < -0.3 is 15.6 Å². The molecule has 3 N–H and O–H groups in total. The molecular weight excluding hydrogens is 194 g/mol. The first-order valence-electron chi connectivity index (χ1n) is 4.60. The molecule has 0 spiro atoms. The number of ether oxygens (including phenoxy) is 1. The van der Waals surface area contributed by atoms with Crippen LogP contribution in [0.1, 0.15) is 22.8 Å². The van der Waals surface area contributed by atoms with E-state index in [1.54, 1.807) is 31.2 Å². The first-order chi connectivity index (χ1) is 7.01. The number of carbonyl (C=O) groups is 1. The van der Waals surface area contributed by atoms with Crippen molar-refractivity contribution in [2.45, 2.75) is 12.5 Å². The smallest absolute Gasteiger partial charge is 0.337 e. The van der Waals surface area contributed by atoms with Crippen molar-refractivity contribution >= 4 is 5.97 Å². The quantitative estimate of drug-likeness (QED) is 0.716. The Labute approximate surface area is 88.7 Å². The van der Waals surface area contributed by atoms with Gasteiger partial charge in [-0.05, 0) is 24.6 Å². The molecule has 15 heavy (non-hydrogen) atoms. The van der Waals surface area contributed by atoms with Crippen LogP contribution >= 0.6 is 0 Å². The molecule has 0 saturated carbocycles. The van der Waals surface area contributed by atoms with Crippen LogP contribution < -0.4 is 5.73 Å². The van der Waals surface area contributed by atoms with Crippen LogP contribution in [-0.4, -0.2) is 24.8 Å². The summed E-state index contributed by atoms with van der Waals surface area (Å²) in [5.74, 6) is -0.385. The molecule has 0 aromatic heterocycles. The molecule has 0 radical (unpaired) electrons. The standard InChI is InChI=1S/C11H15NO3/c1-11(12,7-13)9-5-3-8(4-6-9)10(14)15-2/h3-6,13H,7,12H2,1-2H3/t11-/m0/s1. The lowest BCUT2D eigenvalue weighted by molar-refractivity contribution is 0.0600. The Morgan fingerprint density at radius 2 is 2.00 bits per heavy atom. The molecule has 1 atom stereocenters.